The molecule has 0 unspecified atom stereocenters. The van der Waals surface area contributed by atoms with E-state index in [0.29, 0.717) is 29.9 Å². The lowest BCUT2D eigenvalue weighted by Crippen LogP contribution is -2.37. The van der Waals surface area contributed by atoms with Gasteiger partial charge in [0, 0.05) is 54.5 Å². The van der Waals surface area contributed by atoms with Crippen molar-refractivity contribution >= 4 is 39.3 Å². The summed E-state index contributed by atoms with van der Waals surface area (Å²) in [6.07, 6.45) is 1.75. The second kappa shape index (κ2) is 9.64. The van der Waals surface area contributed by atoms with E-state index in [4.69, 9.17) is 0 Å². The van der Waals surface area contributed by atoms with Gasteiger partial charge in [-0.15, -0.1) is 0 Å². The predicted molar refractivity (Wildman–Crippen MR) is 127 cm³/mol. The first-order valence-electron chi connectivity index (χ1n) is 10.8. The summed E-state index contributed by atoms with van der Waals surface area (Å²) in [6.45, 7) is 4.44. The zero-order valence-corrected chi connectivity index (χ0v) is 19.7. The minimum atomic E-state index is -3.50. The molecule has 0 atom stereocenters. The molecule has 2 heterocycles. The highest BCUT2D eigenvalue weighted by molar-refractivity contribution is 7.99. The lowest BCUT2D eigenvalue weighted by atomic mass is 10.1. The van der Waals surface area contributed by atoms with Crippen LogP contribution in [0, 0.1) is 6.92 Å². The van der Waals surface area contributed by atoms with Crippen molar-refractivity contribution in [1.29, 1.82) is 0 Å². The van der Waals surface area contributed by atoms with E-state index < -0.39 is 10.0 Å². The van der Waals surface area contributed by atoms with Gasteiger partial charge in [-0.2, -0.15) is 16.1 Å². The number of nitrogens with one attached hydrogen (secondary N) is 1. The third-order valence-electron chi connectivity index (χ3n) is 5.84. The molecule has 170 valence electrons. The molecule has 0 radical (unpaired) electrons. The minimum absolute atomic E-state index is 0.0149. The number of anilines is 1. The lowest BCUT2D eigenvalue weighted by molar-refractivity contribution is 0.0772. The monoisotopic (exact) mass is 473 g/mol. The maximum absolute atomic E-state index is 12.7. The van der Waals surface area contributed by atoms with Crippen LogP contribution in [0.2, 0.25) is 0 Å². The minimum Gasteiger partial charge on any atom is -0.337 e. The van der Waals surface area contributed by atoms with Crippen LogP contribution in [0.4, 0.5) is 5.69 Å². The Kier molecular flexibility index (Phi) is 6.88. The van der Waals surface area contributed by atoms with Gasteiger partial charge in [0.25, 0.3) is 11.8 Å². The normalized spacial score (nSPS) is 17.3. The first-order chi connectivity index (χ1) is 15.4. The highest BCUT2D eigenvalue weighted by Crippen LogP contribution is 2.23. The summed E-state index contributed by atoms with van der Waals surface area (Å²) in [5.41, 5.74) is 2.40. The number of amides is 2. The second-order valence-electron chi connectivity index (χ2n) is 8.02. The standard InChI is InChI=1S/C23H27N3O4S2/c1-17-16-19(23(28)25-12-14-31-15-13-25)6-9-21(17)24-22(27)18-4-7-20(8-5-18)32(29,30)26-10-2-3-11-26/h4-9,16H,2-3,10-15H2,1H3,(H,24,27). The first-order valence-corrected chi connectivity index (χ1v) is 13.3. The zero-order chi connectivity index (χ0) is 22.7. The maximum Gasteiger partial charge on any atom is 0.255 e. The van der Waals surface area contributed by atoms with Gasteiger partial charge in [0.05, 0.1) is 4.90 Å². The molecule has 0 bridgehead atoms. The van der Waals surface area contributed by atoms with Crippen molar-refractivity contribution in [2.75, 3.05) is 43.0 Å². The fourth-order valence-corrected chi connectivity index (χ4v) is 6.36. The van der Waals surface area contributed by atoms with E-state index in [1.165, 1.54) is 28.6 Å². The van der Waals surface area contributed by atoms with E-state index in [0.717, 1.165) is 43.0 Å². The summed E-state index contributed by atoms with van der Waals surface area (Å²) in [4.78, 5) is 27.5. The number of hydrogen-bond donors (Lipinski definition) is 1. The number of sulfonamides is 1. The van der Waals surface area contributed by atoms with Crippen LogP contribution < -0.4 is 5.32 Å². The average molecular weight is 474 g/mol. The topological polar surface area (TPSA) is 86.8 Å². The Morgan fingerprint density at radius 2 is 1.53 bits per heavy atom. The second-order valence-corrected chi connectivity index (χ2v) is 11.2. The molecule has 4 rings (SSSR count). The van der Waals surface area contributed by atoms with Crippen LogP contribution in [-0.2, 0) is 10.0 Å². The molecule has 9 heteroatoms. The molecule has 2 aliphatic heterocycles. The van der Waals surface area contributed by atoms with Gasteiger partial charge in [0.1, 0.15) is 0 Å². The fourth-order valence-electron chi connectivity index (χ4n) is 3.94. The summed E-state index contributed by atoms with van der Waals surface area (Å²) in [5.74, 6) is 1.60. The third-order valence-corrected chi connectivity index (χ3v) is 8.69. The van der Waals surface area contributed by atoms with E-state index in [1.54, 1.807) is 18.2 Å². The van der Waals surface area contributed by atoms with Gasteiger partial charge >= 0.3 is 0 Å². The number of benzene rings is 2. The maximum atomic E-state index is 12.7. The molecule has 2 aliphatic rings. The molecule has 2 saturated heterocycles. The number of hydrogen-bond acceptors (Lipinski definition) is 5. The predicted octanol–water partition coefficient (Wildman–Crippen LogP) is 3.22. The summed E-state index contributed by atoms with van der Waals surface area (Å²) in [5, 5.41) is 2.86. The number of aryl methyl sites for hydroxylation is 1. The molecule has 0 spiro atoms. The van der Waals surface area contributed by atoms with Crippen molar-refractivity contribution < 1.29 is 18.0 Å². The van der Waals surface area contributed by atoms with E-state index >= 15 is 0 Å². The quantitative estimate of drug-likeness (QED) is 0.721. The lowest BCUT2D eigenvalue weighted by Gasteiger charge is -2.26. The van der Waals surface area contributed by atoms with Crippen molar-refractivity contribution in [3.8, 4) is 0 Å². The fraction of sp³-hybridized carbons (Fsp3) is 0.391. The van der Waals surface area contributed by atoms with Gasteiger partial charge in [0.2, 0.25) is 10.0 Å². The molecule has 2 aromatic rings. The van der Waals surface area contributed by atoms with Crippen LogP contribution in [0.15, 0.2) is 47.4 Å². The van der Waals surface area contributed by atoms with Gasteiger partial charge in [0.15, 0.2) is 0 Å². The summed E-state index contributed by atoms with van der Waals surface area (Å²) in [6, 6.07) is 11.3. The zero-order valence-electron chi connectivity index (χ0n) is 18.0. The number of carbonyl (C=O) groups excluding carboxylic acids is 2. The number of thioether (sulfide) groups is 1. The molecular formula is C23H27N3O4S2. The Bertz CT molecular complexity index is 1100. The van der Waals surface area contributed by atoms with Gasteiger partial charge in [-0.1, -0.05) is 0 Å². The Labute approximate surface area is 193 Å². The van der Waals surface area contributed by atoms with Gasteiger partial charge in [-0.05, 0) is 67.8 Å². The van der Waals surface area contributed by atoms with E-state index in [2.05, 4.69) is 5.32 Å². The van der Waals surface area contributed by atoms with Gasteiger partial charge < -0.3 is 10.2 Å². The number of nitrogens with zero attached hydrogens (tertiary/aromatic N) is 2. The van der Waals surface area contributed by atoms with Crippen LogP contribution in [-0.4, -0.2) is 67.1 Å². The highest BCUT2D eigenvalue weighted by atomic mass is 32.2. The molecule has 2 aromatic carbocycles. The van der Waals surface area contributed by atoms with Crippen molar-refractivity contribution in [1.82, 2.24) is 9.21 Å². The van der Waals surface area contributed by atoms with Crippen LogP contribution in [0.3, 0.4) is 0 Å². The summed E-state index contributed by atoms with van der Waals surface area (Å²) < 4.78 is 26.8. The van der Waals surface area contributed by atoms with E-state index in [9.17, 15) is 18.0 Å². The Morgan fingerprint density at radius 3 is 2.16 bits per heavy atom. The molecule has 2 fully saturated rings. The Morgan fingerprint density at radius 1 is 0.906 bits per heavy atom. The van der Waals surface area contributed by atoms with Crippen molar-refractivity contribution in [3.05, 3.63) is 59.2 Å². The molecule has 0 aromatic heterocycles. The molecule has 2 amide bonds. The summed E-state index contributed by atoms with van der Waals surface area (Å²) >= 11 is 1.85. The SMILES string of the molecule is Cc1cc(C(=O)N2CCSCC2)ccc1NC(=O)c1ccc(S(=O)(=O)N2CCCC2)cc1. The third kappa shape index (κ3) is 4.84. The molecule has 0 saturated carbocycles. The number of carbonyl (C=O) groups is 2. The molecule has 0 aliphatic carbocycles. The number of rotatable bonds is 5. The van der Waals surface area contributed by atoms with Crippen LogP contribution >= 0.6 is 11.8 Å². The Balaban J connectivity index is 1.44. The van der Waals surface area contributed by atoms with Gasteiger partial charge in [-0.3, -0.25) is 9.59 Å². The molecule has 32 heavy (non-hydrogen) atoms. The van der Waals surface area contributed by atoms with E-state index in [-0.39, 0.29) is 16.7 Å². The van der Waals surface area contributed by atoms with Crippen molar-refractivity contribution in [2.45, 2.75) is 24.7 Å². The molecule has 7 nitrogen and oxygen atoms in total. The van der Waals surface area contributed by atoms with Crippen molar-refractivity contribution in [3.63, 3.8) is 0 Å². The Hall–Kier alpha value is -2.36. The first kappa shape index (κ1) is 22.8. The highest BCUT2D eigenvalue weighted by Gasteiger charge is 2.27. The largest absolute Gasteiger partial charge is 0.337 e. The van der Waals surface area contributed by atoms with Crippen LogP contribution in [0.1, 0.15) is 39.1 Å². The van der Waals surface area contributed by atoms with E-state index in [1.807, 2.05) is 23.6 Å². The molecule has 1 N–H and O–H groups in total. The smallest absolute Gasteiger partial charge is 0.255 e. The van der Waals surface area contributed by atoms with Crippen molar-refractivity contribution in [2.24, 2.45) is 0 Å². The summed E-state index contributed by atoms with van der Waals surface area (Å²) in [7, 11) is -3.50. The molecular weight excluding hydrogens is 446 g/mol. The van der Waals surface area contributed by atoms with Gasteiger partial charge in [-0.25, -0.2) is 8.42 Å². The van der Waals surface area contributed by atoms with Crippen LogP contribution in [0.25, 0.3) is 0 Å². The van der Waals surface area contributed by atoms with Crippen LogP contribution in [0.5, 0.6) is 0 Å². The average Bonchev–Trinajstić information content (AvgIpc) is 3.36.